The van der Waals surface area contributed by atoms with Crippen molar-refractivity contribution < 1.29 is 58.2 Å². The van der Waals surface area contributed by atoms with Crippen molar-refractivity contribution in [1.82, 2.24) is 0 Å². The van der Waals surface area contributed by atoms with E-state index in [1.807, 2.05) is 0 Å². The molecule has 0 aromatic rings. The van der Waals surface area contributed by atoms with E-state index < -0.39 is 67.3 Å². The largest absolute Gasteiger partial charge is 0.479 e. The monoisotopic (exact) mass is 1030 g/mol. The standard InChI is InChI=1S/C61H104O12/c1-4-7-10-13-16-19-22-25-27-30-32-35-38-41-44-47-53(62)69-50-52(71-54(63)48-45-42-39-36-34-31-28-26-23-20-17-14-11-8-5-2)51-70-61-59(57(66)56(65)58(73-61)60(67)68)72-55(64)49-46-43-40-37-33-29-24-21-18-15-12-9-6-3/h12,15-16,19,21,24-28,52,56-59,61,65-66H,4-11,13-14,17-18,20,22-23,29-51H2,1-3H3,(H,67,68)/b15-12-,19-16-,24-21-,27-25-,28-26-. The molecule has 1 aliphatic heterocycles. The zero-order chi connectivity index (χ0) is 53.3. The number of aliphatic hydroxyl groups is 2. The number of carboxylic acid groups (broad SMARTS) is 1. The Morgan fingerprint density at radius 1 is 0.452 bits per heavy atom. The Morgan fingerprint density at radius 3 is 1.33 bits per heavy atom. The first-order valence-corrected chi connectivity index (χ1v) is 29.3. The Kier molecular flexibility index (Phi) is 45.5. The summed E-state index contributed by atoms with van der Waals surface area (Å²) in [5.74, 6) is -3.16. The van der Waals surface area contributed by atoms with Crippen LogP contribution in [0.3, 0.4) is 0 Å². The molecule has 0 aromatic carbocycles. The molecule has 0 aromatic heterocycles. The molecule has 1 fully saturated rings. The van der Waals surface area contributed by atoms with Crippen molar-refractivity contribution in [3.05, 3.63) is 60.8 Å². The number of rotatable bonds is 49. The van der Waals surface area contributed by atoms with Crippen LogP contribution in [0.1, 0.15) is 252 Å². The summed E-state index contributed by atoms with van der Waals surface area (Å²) in [6, 6.07) is 0. The number of esters is 3. The molecule has 3 N–H and O–H groups in total. The number of carbonyl (C=O) groups is 4. The fraction of sp³-hybridized carbons (Fsp3) is 0.770. The van der Waals surface area contributed by atoms with Gasteiger partial charge in [0, 0.05) is 19.3 Å². The van der Waals surface area contributed by atoms with Gasteiger partial charge in [0.2, 0.25) is 0 Å². The molecule has 1 heterocycles. The van der Waals surface area contributed by atoms with Crippen molar-refractivity contribution in [2.75, 3.05) is 13.2 Å². The second-order valence-corrected chi connectivity index (χ2v) is 19.9. The van der Waals surface area contributed by atoms with E-state index >= 15 is 0 Å². The van der Waals surface area contributed by atoms with Crippen molar-refractivity contribution in [2.45, 2.75) is 289 Å². The predicted octanol–water partition coefficient (Wildman–Crippen LogP) is 14.8. The van der Waals surface area contributed by atoms with Gasteiger partial charge in [0.05, 0.1) is 6.61 Å². The average molecular weight is 1030 g/mol. The second-order valence-electron chi connectivity index (χ2n) is 19.9. The van der Waals surface area contributed by atoms with Crippen LogP contribution >= 0.6 is 0 Å². The molecule has 6 unspecified atom stereocenters. The van der Waals surface area contributed by atoms with Gasteiger partial charge >= 0.3 is 23.9 Å². The molecule has 73 heavy (non-hydrogen) atoms. The molecule has 0 radical (unpaired) electrons. The quantitative estimate of drug-likeness (QED) is 0.0228. The fourth-order valence-corrected chi connectivity index (χ4v) is 8.49. The summed E-state index contributed by atoms with van der Waals surface area (Å²) in [7, 11) is 0. The van der Waals surface area contributed by atoms with Crippen LogP contribution in [-0.4, -0.2) is 89.2 Å². The minimum Gasteiger partial charge on any atom is -0.479 e. The van der Waals surface area contributed by atoms with Gasteiger partial charge in [-0.05, 0) is 103 Å². The minimum atomic E-state index is -1.91. The van der Waals surface area contributed by atoms with Gasteiger partial charge < -0.3 is 39.0 Å². The van der Waals surface area contributed by atoms with E-state index in [1.165, 1.54) is 57.8 Å². The first-order valence-electron chi connectivity index (χ1n) is 29.3. The number of carboxylic acids is 1. The van der Waals surface area contributed by atoms with Gasteiger partial charge in [0.25, 0.3) is 0 Å². The normalized spacial score (nSPS) is 18.7. The van der Waals surface area contributed by atoms with Crippen molar-refractivity contribution >= 4 is 23.9 Å². The lowest BCUT2D eigenvalue weighted by Crippen LogP contribution is -2.61. The van der Waals surface area contributed by atoms with E-state index in [2.05, 4.69) is 81.5 Å². The number of aliphatic hydroxyl groups excluding tert-OH is 2. The molecule has 0 saturated carbocycles. The molecular weight excluding hydrogens is 925 g/mol. The minimum absolute atomic E-state index is 0.0413. The van der Waals surface area contributed by atoms with Gasteiger partial charge in [-0.2, -0.15) is 0 Å². The third-order valence-electron chi connectivity index (χ3n) is 13.0. The SMILES string of the molecule is CCC/C=C\C/C=C\CCCCCCCC(=O)OC1C(OCC(COC(=O)CCCCCCC/C=C\C/C=C\CCCCC)OC(=O)CCCCCCC/C=C\CCCCCCCC)OC(C(=O)O)C(O)C1O. The van der Waals surface area contributed by atoms with E-state index in [9.17, 15) is 34.5 Å². The van der Waals surface area contributed by atoms with Gasteiger partial charge in [-0.1, -0.05) is 191 Å². The van der Waals surface area contributed by atoms with Crippen LogP contribution in [0, 0.1) is 0 Å². The second kappa shape index (κ2) is 49.3. The zero-order valence-corrected chi connectivity index (χ0v) is 46.1. The molecule has 1 saturated heterocycles. The highest BCUT2D eigenvalue weighted by molar-refractivity contribution is 5.74. The maximum Gasteiger partial charge on any atom is 0.335 e. The molecule has 1 aliphatic rings. The van der Waals surface area contributed by atoms with Crippen LogP contribution in [0.15, 0.2) is 60.8 Å². The Bertz CT molecular complexity index is 1500. The van der Waals surface area contributed by atoms with Crippen LogP contribution in [-0.2, 0) is 42.9 Å². The number of hydrogen-bond donors (Lipinski definition) is 3. The van der Waals surface area contributed by atoms with Gasteiger partial charge in [-0.25, -0.2) is 4.79 Å². The fourth-order valence-electron chi connectivity index (χ4n) is 8.49. The van der Waals surface area contributed by atoms with Crippen molar-refractivity contribution in [2.24, 2.45) is 0 Å². The average Bonchev–Trinajstić information content (AvgIpc) is 3.37. The molecule has 12 nitrogen and oxygen atoms in total. The maximum absolute atomic E-state index is 13.1. The number of allylic oxidation sites excluding steroid dienone is 10. The molecule has 0 aliphatic carbocycles. The van der Waals surface area contributed by atoms with Crippen molar-refractivity contribution in [3.8, 4) is 0 Å². The zero-order valence-electron chi connectivity index (χ0n) is 46.1. The van der Waals surface area contributed by atoms with E-state index in [4.69, 9.17) is 23.7 Å². The molecule has 12 heteroatoms. The Morgan fingerprint density at radius 2 is 0.849 bits per heavy atom. The first kappa shape index (κ1) is 67.4. The van der Waals surface area contributed by atoms with Crippen molar-refractivity contribution in [3.63, 3.8) is 0 Å². The van der Waals surface area contributed by atoms with Crippen LogP contribution in [0.25, 0.3) is 0 Å². The number of unbranched alkanes of at least 4 members (excludes halogenated alkanes) is 25. The summed E-state index contributed by atoms with van der Waals surface area (Å²) in [6.45, 7) is 5.87. The third kappa shape index (κ3) is 39.5. The topological polar surface area (TPSA) is 175 Å². The first-order chi connectivity index (χ1) is 35.6. The van der Waals surface area contributed by atoms with Crippen LogP contribution in [0.5, 0.6) is 0 Å². The molecule has 0 bridgehead atoms. The van der Waals surface area contributed by atoms with E-state index in [1.54, 1.807) is 0 Å². The summed E-state index contributed by atoms with van der Waals surface area (Å²) < 4.78 is 28.4. The maximum atomic E-state index is 13.1. The van der Waals surface area contributed by atoms with Gasteiger partial charge in [0.15, 0.2) is 24.6 Å². The molecule has 0 amide bonds. The third-order valence-corrected chi connectivity index (χ3v) is 13.0. The number of aliphatic carboxylic acids is 1. The smallest absolute Gasteiger partial charge is 0.335 e. The Balaban J connectivity index is 2.72. The highest BCUT2D eigenvalue weighted by atomic mass is 16.7. The van der Waals surface area contributed by atoms with Gasteiger partial charge in [-0.15, -0.1) is 0 Å². The molecule has 1 rings (SSSR count). The van der Waals surface area contributed by atoms with Gasteiger partial charge in [0.1, 0.15) is 18.8 Å². The lowest BCUT2D eigenvalue weighted by molar-refractivity contribution is -0.301. The van der Waals surface area contributed by atoms with Crippen LogP contribution in [0.2, 0.25) is 0 Å². The number of hydrogen-bond acceptors (Lipinski definition) is 11. The number of ether oxygens (including phenoxy) is 5. The number of carbonyl (C=O) groups excluding carboxylic acids is 3. The summed E-state index contributed by atoms with van der Waals surface area (Å²) in [4.78, 5) is 51.1. The molecule has 6 atom stereocenters. The van der Waals surface area contributed by atoms with Gasteiger partial charge in [-0.3, -0.25) is 14.4 Å². The lowest BCUT2D eigenvalue weighted by atomic mass is 9.98. The Hall–Kier alpha value is -3.58. The highest BCUT2D eigenvalue weighted by Gasteiger charge is 2.50. The van der Waals surface area contributed by atoms with E-state index in [-0.39, 0.29) is 25.9 Å². The summed E-state index contributed by atoms with van der Waals surface area (Å²) in [6.07, 6.45) is 47.6. The predicted molar refractivity (Wildman–Crippen MR) is 294 cm³/mol. The van der Waals surface area contributed by atoms with E-state index in [0.717, 1.165) is 135 Å². The van der Waals surface area contributed by atoms with E-state index in [0.29, 0.717) is 19.3 Å². The summed E-state index contributed by atoms with van der Waals surface area (Å²) in [5, 5.41) is 31.4. The highest BCUT2D eigenvalue weighted by Crippen LogP contribution is 2.26. The summed E-state index contributed by atoms with van der Waals surface area (Å²) in [5.41, 5.74) is 0. The molecular formula is C61H104O12. The van der Waals surface area contributed by atoms with Crippen LogP contribution < -0.4 is 0 Å². The van der Waals surface area contributed by atoms with Crippen LogP contribution in [0.4, 0.5) is 0 Å². The van der Waals surface area contributed by atoms with Crippen molar-refractivity contribution in [1.29, 1.82) is 0 Å². The summed E-state index contributed by atoms with van der Waals surface area (Å²) >= 11 is 0. The molecule has 420 valence electrons. The lowest BCUT2D eigenvalue weighted by Gasteiger charge is -2.40. The Labute approximate surface area is 443 Å². The molecule has 0 spiro atoms.